The molecule has 0 spiro atoms. The summed E-state index contributed by atoms with van der Waals surface area (Å²) in [5.41, 5.74) is 3.17. The summed E-state index contributed by atoms with van der Waals surface area (Å²) in [5.74, 6) is 0.0766. The lowest BCUT2D eigenvalue weighted by molar-refractivity contribution is -0.137. The number of methoxy groups -OCH3 is 1. The van der Waals surface area contributed by atoms with Crippen LogP contribution in [0.4, 0.5) is 5.69 Å². The first-order valence-corrected chi connectivity index (χ1v) is 5.96. The van der Waals surface area contributed by atoms with E-state index in [0.717, 1.165) is 22.6 Å². The Morgan fingerprint density at radius 3 is 2.50 bits per heavy atom. The molecule has 0 aromatic heterocycles. The van der Waals surface area contributed by atoms with Crippen molar-refractivity contribution < 1.29 is 14.6 Å². The number of carboxylic acid groups (broad SMARTS) is 1. The number of hydrogen-bond donors (Lipinski definition) is 1. The van der Waals surface area contributed by atoms with Gasteiger partial charge < -0.3 is 14.7 Å². The summed E-state index contributed by atoms with van der Waals surface area (Å²) in [6.45, 7) is 5.89. The van der Waals surface area contributed by atoms with Crippen molar-refractivity contribution in [2.45, 2.75) is 33.2 Å². The summed E-state index contributed by atoms with van der Waals surface area (Å²) in [4.78, 5) is 12.7. The fourth-order valence-electron chi connectivity index (χ4n) is 2.00. The van der Waals surface area contributed by atoms with Gasteiger partial charge in [0.15, 0.2) is 0 Å². The van der Waals surface area contributed by atoms with E-state index in [2.05, 4.69) is 0 Å². The third kappa shape index (κ3) is 3.15. The summed E-state index contributed by atoms with van der Waals surface area (Å²) in [7, 11) is 3.57. The zero-order chi connectivity index (χ0) is 13.9. The van der Waals surface area contributed by atoms with Crippen LogP contribution in [0, 0.1) is 13.8 Å². The molecule has 100 valence electrons. The van der Waals surface area contributed by atoms with Gasteiger partial charge in [0.05, 0.1) is 13.5 Å². The molecule has 0 aliphatic carbocycles. The lowest BCUT2D eigenvalue weighted by Gasteiger charge is -2.28. The topological polar surface area (TPSA) is 49.8 Å². The Bertz CT molecular complexity index is 443. The van der Waals surface area contributed by atoms with E-state index < -0.39 is 5.97 Å². The fourth-order valence-corrected chi connectivity index (χ4v) is 2.00. The standard InChI is InChI=1S/C14H21NO3/c1-9-7-13(18-5)10(2)6-12(9)15(4)11(3)8-14(16)17/h6-7,11H,8H2,1-5H3,(H,16,17). The summed E-state index contributed by atoms with van der Waals surface area (Å²) in [5, 5.41) is 8.84. The molecule has 0 bridgehead atoms. The lowest BCUT2D eigenvalue weighted by Crippen LogP contribution is -2.31. The molecule has 0 radical (unpaired) electrons. The molecule has 4 nitrogen and oxygen atoms in total. The van der Waals surface area contributed by atoms with E-state index in [0.29, 0.717) is 0 Å². The zero-order valence-electron chi connectivity index (χ0n) is 11.7. The summed E-state index contributed by atoms with van der Waals surface area (Å²) >= 11 is 0. The van der Waals surface area contributed by atoms with Gasteiger partial charge in [-0.25, -0.2) is 0 Å². The Morgan fingerprint density at radius 1 is 1.39 bits per heavy atom. The summed E-state index contributed by atoms with van der Waals surface area (Å²) in [6.07, 6.45) is 0.126. The van der Waals surface area contributed by atoms with E-state index in [4.69, 9.17) is 9.84 Å². The molecular formula is C14H21NO3. The molecule has 1 rings (SSSR count). The van der Waals surface area contributed by atoms with E-state index in [1.54, 1.807) is 7.11 Å². The highest BCUT2D eigenvalue weighted by Crippen LogP contribution is 2.29. The second-order valence-electron chi connectivity index (χ2n) is 4.67. The molecule has 0 saturated carbocycles. The van der Waals surface area contributed by atoms with Gasteiger partial charge in [0.25, 0.3) is 0 Å². The molecule has 0 aliphatic rings. The van der Waals surface area contributed by atoms with Crippen molar-refractivity contribution in [2.24, 2.45) is 0 Å². The second-order valence-corrected chi connectivity index (χ2v) is 4.67. The minimum absolute atomic E-state index is 0.0472. The third-order valence-electron chi connectivity index (χ3n) is 3.22. The Kier molecular flexibility index (Phi) is 4.59. The number of benzene rings is 1. The lowest BCUT2D eigenvalue weighted by atomic mass is 10.1. The van der Waals surface area contributed by atoms with Crippen LogP contribution >= 0.6 is 0 Å². The molecule has 1 aromatic carbocycles. The molecule has 0 saturated heterocycles. The normalized spacial score (nSPS) is 12.1. The van der Waals surface area contributed by atoms with Crippen molar-refractivity contribution in [1.82, 2.24) is 0 Å². The average molecular weight is 251 g/mol. The molecule has 0 aliphatic heterocycles. The van der Waals surface area contributed by atoms with Gasteiger partial charge in [-0.2, -0.15) is 0 Å². The SMILES string of the molecule is COc1cc(C)c(N(C)C(C)CC(=O)O)cc1C. The van der Waals surface area contributed by atoms with Gasteiger partial charge in [0.2, 0.25) is 0 Å². The van der Waals surface area contributed by atoms with Crippen molar-refractivity contribution in [3.8, 4) is 5.75 Å². The summed E-state index contributed by atoms with van der Waals surface area (Å²) < 4.78 is 5.27. The van der Waals surface area contributed by atoms with Crippen molar-refractivity contribution in [3.05, 3.63) is 23.3 Å². The Balaban J connectivity index is 3.02. The van der Waals surface area contributed by atoms with Crippen LogP contribution in [0.5, 0.6) is 5.75 Å². The van der Waals surface area contributed by atoms with Crippen molar-refractivity contribution >= 4 is 11.7 Å². The number of hydrogen-bond acceptors (Lipinski definition) is 3. The van der Waals surface area contributed by atoms with E-state index in [9.17, 15) is 4.79 Å². The Morgan fingerprint density at radius 2 is 2.00 bits per heavy atom. The van der Waals surface area contributed by atoms with Crippen LogP contribution in [0.25, 0.3) is 0 Å². The van der Waals surface area contributed by atoms with Crippen molar-refractivity contribution in [2.75, 3.05) is 19.1 Å². The van der Waals surface area contributed by atoms with Gasteiger partial charge in [-0.15, -0.1) is 0 Å². The number of rotatable bonds is 5. The van der Waals surface area contributed by atoms with Gasteiger partial charge >= 0.3 is 5.97 Å². The smallest absolute Gasteiger partial charge is 0.305 e. The number of carboxylic acids is 1. The second kappa shape index (κ2) is 5.76. The predicted molar refractivity (Wildman–Crippen MR) is 72.6 cm³/mol. The van der Waals surface area contributed by atoms with Crippen LogP contribution in [0.2, 0.25) is 0 Å². The van der Waals surface area contributed by atoms with Crippen LogP contribution in [0.15, 0.2) is 12.1 Å². The van der Waals surface area contributed by atoms with Crippen LogP contribution < -0.4 is 9.64 Å². The molecule has 1 atom stereocenters. The number of aliphatic carboxylic acids is 1. The predicted octanol–water partition coefficient (Wildman–Crippen LogP) is 2.61. The summed E-state index contributed by atoms with van der Waals surface area (Å²) in [6, 6.07) is 3.97. The van der Waals surface area contributed by atoms with Crippen LogP contribution in [-0.4, -0.2) is 31.3 Å². The van der Waals surface area contributed by atoms with E-state index in [1.165, 1.54) is 0 Å². The minimum Gasteiger partial charge on any atom is -0.496 e. The molecule has 0 fully saturated rings. The first-order chi connectivity index (χ1) is 8.36. The molecule has 0 amide bonds. The fraction of sp³-hybridized carbons (Fsp3) is 0.500. The highest BCUT2D eigenvalue weighted by Gasteiger charge is 2.16. The highest BCUT2D eigenvalue weighted by atomic mass is 16.5. The first kappa shape index (κ1) is 14.4. The molecule has 0 heterocycles. The van der Waals surface area contributed by atoms with E-state index >= 15 is 0 Å². The molecule has 1 unspecified atom stereocenters. The largest absolute Gasteiger partial charge is 0.496 e. The van der Waals surface area contributed by atoms with Crippen molar-refractivity contribution in [3.63, 3.8) is 0 Å². The van der Waals surface area contributed by atoms with Crippen molar-refractivity contribution in [1.29, 1.82) is 0 Å². The zero-order valence-corrected chi connectivity index (χ0v) is 11.7. The molecule has 1 N–H and O–H groups in total. The van der Waals surface area contributed by atoms with Gasteiger partial charge in [-0.1, -0.05) is 0 Å². The molecule has 18 heavy (non-hydrogen) atoms. The van der Waals surface area contributed by atoms with Crippen LogP contribution in [0.3, 0.4) is 0 Å². The van der Waals surface area contributed by atoms with E-state index in [-0.39, 0.29) is 12.5 Å². The third-order valence-corrected chi connectivity index (χ3v) is 3.22. The number of nitrogens with zero attached hydrogens (tertiary/aromatic N) is 1. The van der Waals surface area contributed by atoms with Crippen LogP contribution in [0.1, 0.15) is 24.5 Å². The minimum atomic E-state index is -0.780. The first-order valence-electron chi connectivity index (χ1n) is 5.96. The van der Waals surface area contributed by atoms with Gasteiger partial charge in [0, 0.05) is 18.8 Å². The van der Waals surface area contributed by atoms with Gasteiger partial charge in [0.1, 0.15) is 5.75 Å². The highest BCUT2D eigenvalue weighted by molar-refractivity contribution is 5.69. The quantitative estimate of drug-likeness (QED) is 0.874. The number of anilines is 1. The monoisotopic (exact) mass is 251 g/mol. The van der Waals surface area contributed by atoms with E-state index in [1.807, 2.05) is 44.9 Å². The Labute approximate surface area is 108 Å². The van der Waals surface area contributed by atoms with Gasteiger partial charge in [-0.3, -0.25) is 4.79 Å². The number of aryl methyl sites for hydroxylation is 2. The maximum Gasteiger partial charge on any atom is 0.305 e. The molecular weight excluding hydrogens is 230 g/mol. The number of ether oxygens (including phenoxy) is 1. The maximum absolute atomic E-state index is 10.8. The molecule has 1 aromatic rings. The average Bonchev–Trinajstić information content (AvgIpc) is 2.29. The van der Waals surface area contributed by atoms with Gasteiger partial charge in [-0.05, 0) is 44.0 Å². The van der Waals surface area contributed by atoms with Crippen LogP contribution in [-0.2, 0) is 4.79 Å². The number of carbonyl (C=O) groups is 1. The molecule has 4 heteroatoms. The maximum atomic E-state index is 10.8. The Hall–Kier alpha value is -1.71.